The molecular formula is C10H7N3S. The predicted octanol–water partition coefficient (Wildman–Crippen LogP) is 2.21. The van der Waals surface area contributed by atoms with Crippen molar-refractivity contribution in [1.82, 2.24) is 0 Å². The third kappa shape index (κ3) is 1.13. The highest BCUT2D eigenvalue weighted by Crippen LogP contribution is 2.40. The predicted molar refractivity (Wildman–Crippen MR) is 55.0 cm³/mol. The second-order valence-electron chi connectivity index (χ2n) is 3.01. The molecule has 0 aliphatic carbocycles. The zero-order valence-electron chi connectivity index (χ0n) is 7.59. The normalized spacial score (nSPS) is 12.5. The van der Waals surface area contributed by atoms with Crippen molar-refractivity contribution in [2.75, 3.05) is 11.2 Å². The third-order valence-electron chi connectivity index (χ3n) is 2.17. The minimum absolute atomic E-state index is 0.656. The van der Waals surface area contributed by atoms with E-state index in [0.29, 0.717) is 11.1 Å². The van der Waals surface area contributed by atoms with E-state index < -0.39 is 0 Å². The van der Waals surface area contributed by atoms with Gasteiger partial charge in [-0.1, -0.05) is 0 Å². The first kappa shape index (κ1) is 8.93. The summed E-state index contributed by atoms with van der Waals surface area (Å²) in [4.78, 5) is 0.912. The Kier molecular flexibility index (Phi) is 2.07. The molecule has 68 valence electrons. The smallest absolute Gasteiger partial charge is 0.102 e. The molecule has 0 spiro atoms. The van der Waals surface area contributed by atoms with Crippen LogP contribution < -0.4 is 5.32 Å². The van der Waals surface area contributed by atoms with Gasteiger partial charge in [-0.3, -0.25) is 0 Å². The molecule has 3 nitrogen and oxygen atoms in total. The van der Waals surface area contributed by atoms with Gasteiger partial charge in [0, 0.05) is 0 Å². The SMILES string of the molecule is Cc1cc(C#N)c2c(c1C#N)NCS2. The summed E-state index contributed by atoms with van der Waals surface area (Å²) in [6, 6.07) is 6.09. The number of hydrogen-bond donors (Lipinski definition) is 1. The van der Waals surface area contributed by atoms with Crippen LogP contribution in [0, 0.1) is 29.6 Å². The highest BCUT2D eigenvalue weighted by atomic mass is 32.2. The van der Waals surface area contributed by atoms with Crippen molar-refractivity contribution in [3.05, 3.63) is 22.8 Å². The Morgan fingerprint density at radius 3 is 2.86 bits per heavy atom. The summed E-state index contributed by atoms with van der Waals surface area (Å²) >= 11 is 1.57. The minimum Gasteiger partial charge on any atom is -0.374 e. The molecule has 1 N–H and O–H groups in total. The summed E-state index contributed by atoms with van der Waals surface area (Å²) in [6.45, 7) is 1.85. The first-order valence-electron chi connectivity index (χ1n) is 4.12. The van der Waals surface area contributed by atoms with E-state index in [9.17, 15) is 0 Å². The largest absolute Gasteiger partial charge is 0.374 e. The molecule has 1 aliphatic rings. The van der Waals surface area contributed by atoms with Gasteiger partial charge in [0.1, 0.15) is 12.1 Å². The van der Waals surface area contributed by atoms with Crippen molar-refractivity contribution in [2.24, 2.45) is 0 Å². The van der Waals surface area contributed by atoms with E-state index in [1.54, 1.807) is 17.8 Å². The molecule has 0 fully saturated rings. The summed E-state index contributed by atoms with van der Waals surface area (Å²) in [5.74, 6) is 0.738. The monoisotopic (exact) mass is 201 g/mol. The van der Waals surface area contributed by atoms with E-state index in [1.807, 2.05) is 6.92 Å². The number of nitriles is 2. The lowest BCUT2D eigenvalue weighted by Crippen LogP contribution is -1.95. The van der Waals surface area contributed by atoms with Crippen LogP contribution in [-0.4, -0.2) is 5.88 Å². The van der Waals surface area contributed by atoms with Crippen molar-refractivity contribution in [3.63, 3.8) is 0 Å². The van der Waals surface area contributed by atoms with Crippen molar-refractivity contribution in [2.45, 2.75) is 11.8 Å². The molecule has 1 aromatic rings. The quantitative estimate of drug-likeness (QED) is 0.699. The first-order valence-corrected chi connectivity index (χ1v) is 5.11. The molecule has 14 heavy (non-hydrogen) atoms. The van der Waals surface area contributed by atoms with E-state index >= 15 is 0 Å². The molecule has 0 aromatic heterocycles. The molecule has 0 amide bonds. The summed E-state index contributed by atoms with van der Waals surface area (Å²) in [7, 11) is 0. The molecule has 0 saturated heterocycles. The van der Waals surface area contributed by atoms with Crippen LogP contribution in [0.25, 0.3) is 0 Å². The number of rotatable bonds is 0. The lowest BCUT2D eigenvalue weighted by molar-refractivity contribution is 1.29. The molecule has 0 saturated carbocycles. The fourth-order valence-electron chi connectivity index (χ4n) is 1.53. The molecule has 1 heterocycles. The maximum atomic E-state index is 8.96. The fourth-order valence-corrected chi connectivity index (χ4v) is 2.47. The highest BCUT2D eigenvalue weighted by Gasteiger charge is 2.20. The zero-order chi connectivity index (χ0) is 10.1. The van der Waals surface area contributed by atoms with Crippen LogP contribution in [0.1, 0.15) is 16.7 Å². The Morgan fingerprint density at radius 2 is 2.21 bits per heavy atom. The lowest BCUT2D eigenvalue weighted by atomic mass is 10.0. The molecular weight excluding hydrogens is 194 g/mol. The molecule has 2 rings (SSSR count). The van der Waals surface area contributed by atoms with Gasteiger partial charge >= 0.3 is 0 Å². The van der Waals surface area contributed by atoms with Crippen molar-refractivity contribution in [3.8, 4) is 12.1 Å². The Labute approximate surface area is 86.3 Å². The molecule has 1 aliphatic heterocycles. The average Bonchev–Trinajstić information content (AvgIpc) is 2.65. The summed E-state index contributed by atoms with van der Waals surface area (Å²) in [6.07, 6.45) is 0. The van der Waals surface area contributed by atoms with Gasteiger partial charge in [-0.05, 0) is 18.6 Å². The van der Waals surface area contributed by atoms with Gasteiger partial charge in [0.05, 0.1) is 27.6 Å². The van der Waals surface area contributed by atoms with Gasteiger partial charge in [-0.25, -0.2) is 0 Å². The number of fused-ring (bicyclic) bond motifs is 1. The zero-order valence-corrected chi connectivity index (χ0v) is 8.40. The number of anilines is 1. The first-order chi connectivity index (χ1) is 6.77. The maximum Gasteiger partial charge on any atom is 0.102 e. The van der Waals surface area contributed by atoms with Crippen molar-refractivity contribution < 1.29 is 0 Å². The summed E-state index contributed by atoms with van der Waals surface area (Å²) < 4.78 is 0. The van der Waals surface area contributed by atoms with Gasteiger partial charge in [0.25, 0.3) is 0 Å². The summed E-state index contributed by atoms with van der Waals surface area (Å²) in [5.41, 5.74) is 3.00. The van der Waals surface area contributed by atoms with Crippen LogP contribution in [0.2, 0.25) is 0 Å². The highest BCUT2D eigenvalue weighted by molar-refractivity contribution is 8.00. The van der Waals surface area contributed by atoms with E-state index in [4.69, 9.17) is 10.5 Å². The fraction of sp³-hybridized carbons (Fsp3) is 0.200. The Bertz CT molecular complexity index is 480. The molecule has 0 bridgehead atoms. The molecule has 0 unspecified atom stereocenters. The molecule has 1 aromatic carbocycles. The van der Waals surface area contributed by atoms with Crippen LogP contribution in [0.3, 0.4) is 0 Å². The molecule has 0 atom stereocenters. The summed E-state index contributed by atoms with van der Waals surface area (Å²) in [5, 5.41) is 21.0. The van der Waals surface area contributed by atoms with Crippen molar-refractivity contribution in [1.29, 1.82) is 10.5 Å². The van der Waals surface area contributed by atoms with E-state index in [0.717, 1.165) is 22.0 Å². The Morgan fingerprint density at radius 1 is 1.43 bits per heavy atom. The number of nitrogens with zero attached hydrogens (tertiary/aromatic N) is 2. The molecule has 0 radical (unpaired) electrons. The van der Waals surface area contributed by atoms with Crippen LogP contribution in [-0.2, 0) is 0 Å². The Balaban J connectivity index is 2.77. The molecule has 4 heteroatoms. The van der Waals surface area contributed by atoms with Crippen LogP contribution >= 0.6 is 11.8 Å². The lowest BCUT2D eigenvalue weighted by Gasteiger charge is -2.05. The number of aryl methyl sites for hydroxylation is 1. The second-order valence-corrected chi connectivity index (χ2v) is 3.99. The van der Waals surface area contributed by atoms with Gasteiger partial charge in [0.2, 0.25) is 0 Å². The van der Waals surface area contributed by atoms with E-state index in [2.05, 4.69) is 17.5 Å². The maximum absolute atomic E-state index is 8.96. The number of nitrogens with one attached hydrogen (secondary N) is 1. The van der Waals surface area contributed by atoms with Crippen LogP contribution in [0.15, 0.2) is 11.0 Å². The second kappa shape index (κ2) is 3.25. The average molecular weight is 201 g/mol. The van der Waals surface area contributed by atoms with E-state index in [1.165, 1.54) is 0 Å². The number of benzene rings is 1. The van der Waals surface area contributed by atoms with Crippen LogP contribution in [0.5, 0.6) is 0 Å². The number of thioether (sulfide) groups is 1. The standard InChI is InChI=1S/C10H7N3S/c1-6-2-7(3-11)10-9(8(6)4-12)13-5-14-10/h2,13H,5H2,1H3. The van der Waals surface area contributed by atoms with E-state index in [-0.39, 0.29) is 0 Å². The van der Waals surface area contributed by atoms with Crippen molar-refractivity contribution >= 4 is 17.4 Å². The van der Waals surface area contributed by atoms with Gasteiger partial charge < -0.3 is 5.32 Å². The Hall–Kier alpha value is -1.65. The van der Waals surface area contributed by atoms with Gasteiger partial charge in [-0.2, -0.15) is 10.5 Å². The third-order valence-corrected chi connectivity index (χ3v) is 3.18. The van der Waals surface area contributed by atoms with Gasteiger partial charge in [-0.15, -0.1) is 11.8 Å². The minimum atomic E-state index is 0.656. The van der Waals surface area contributed by atoms with Crippen LogP contribution in [0.4, 0.5) is 5.69 Å². The number of hydrogen-bond acceptors (Lipinski definition) is 4. The van der Waals surface area contributed by atoms with Gasteiger partial charge in [0.15, 0.2) is 0 Å². The topological polar surface area (TPSA) is 59.6 Å².